The van der Waals surface area contributed by atoms with Crippen molar-refractivity contribution in [3.63, 3.8) is 0 Å². The second-order valence-electron chi connectivity index (χ2n) is 5.06. The van der Waals surface area contributed by atoms with Gasteiger partial charge in [0, 0.05) is 25.7 Å². The maximum absolute atomic E-state index is 5.84. The summed E-state index contributed by atoms with van der Waals surface area (Å²) in [5.74, 6) is 1.85. The minimum atomic E-state index is 0.514. The predicted molar refractivity (Wildman–Crippen MR) is 71.8 cm³/mol. The van der Waals surface area contributed by atoms with Gasteiger partial charge in [0.25, 0.3) is 0 Å². The van der Waals surface area contributed by atoms with Crippen molar-refractivity contribution < 1.29 is 9.47 Å². The molecule has 1 saturated heterocycles. The lowest BCUT2D eigenvalue weighted by molar-refractivity contribution is 0.170. The van der Waals surface area contributed by atoms with Crippen molar-refractivity contribution in [2.45, 2.75) is 19.9 Å². The Kier molecular flexibility index (Phi) is 3.04. The third-order valence-electron chi connectivity index (χ3n) is 3.57. The second-order valence-corrected chi connectivity index (χ2v) is 5.06. The van der Waals surface area contributed by atoms with Crippen molar-refractivity contribution in [2.24, 2.45) is 0 Å². The first kappa shape index (κ1) is 11.7. The molecule has 1 aromatic carbocycles. The molecule has 4 heteroatoms. The van der Waals surface area contributed by atoms with Gasteiger partial charge in [-0.1, -0.05) is 6.07 Å². The number of nitrogens with zero attached hydrogens (tertiary/aromatic N) is 1. The average Bonchev–Trinajstić information content (AvgIpc) is 2.39. The molecule has 1 aromatic rings. The lowest BCUT2D eigenvalue weighted by atomic mass is 10.1. The quantitative estimate of drug-likeness (QED) is 0.818. The molecule has 0 aliphatic carbocycles. The highest BCUT2D eigenvalue weighted by Crippen LogP contribution is 2.42. The summed E-state index contributed by atoms with van der Waals surface area (Å²) in [5.41, 5.74) is 2.32. The Balaban J connectivity index is 1.96. The molecule has 2 aliphatic heterocycles. The summed E-state index contributed by atoms with van der Waals surface area (Å²) >= 11 is 0. The van der Waals surface area contributed by atoms with Gasteiger partial charge in [-0.15, -0.1) is 0 Å². The summed E-state index contributed by atoms with van der Waals surface area (Å²) in [6.07, 6.45) is 0. The van der Waals surface area contributed by atoms with Gasteiger partial charge in [0.2, 0.25) is 0 Å². The lowest BCUT2D eigenvalue weighted by Gasteiger charge is -2.35. The first-order valence-electron chi connectivity index (χ1n) is 6.63. The number of hydrogen-bond acceptors (Lipinski definition) is 4. The van der Waals surface area contributed by atoms with Gasteiger partial charge in [-0.25, -0.2) is 0 Å². The molecule has 0 spiro atoms. The van der Waals surface area contributed by atoms with E-state index in [1.165, 1.54) is 5.69 Å². The molecule has 18 heavy (non-hydrogen) atoms. The van der Waals surface area contributed by atoms with Gasteiger partial charge in [-0.3, -0.25) is 0 Å². The number of fused-ring (bicyclic) bond motifs is 1. The molecule has 4 nitrogen and oxygen atoms in total. The van der Waals surface area contributed by atoms with Crippen LogP contribution in [0, 0.1) is 6.92 Å². The maximum Gasteiger partial charge on any atom is 0.184 e. The van der Waals surface area contributed by atoms with Crippen LogP contribution in [-0.2, 0) is 0 Å². The molecule has 0 amide bonds. The number of benzene rings is 1. The Bertz CT molecular complexity index is 448. The monoisotopic (exact) mass is 248 g/mol. The molecule has 2 heterocycles. The number of rotatable bonds is 1. The first-order valence-corrected chi connectivity index (χ1v) is 6.63. The highest BCUT2D eigenvalue weighted by atomic mass is 16.6. The molecule has 2 aliphatic rings. The van der Waals surface area contributed by atoms with Gasteiger partial charge in [0.05, 0.1) is 5.69 Å². The van der Waals surface area contributed by atoms with E-state index in [4.69, 9.17) is 9.47 Å². The van der Waals surface area contributed by atoms with Crippen molar-refractivity contribution in [1.82, 2.24) is 5.32 Å². The molecule has 0 aromatic heterocycles. The van der Waals surface area contributed by atoms with E-state index in [0.29, 0.717) is 19.3 Å². The van der Waals surface area contributed by atoms with E-state index in [-0.39, 0.29) is 0 Å². The Morgan fingerprint density at radius 3 is 2.78 bits per heavy atom. The van der Waals surface area contributed by atoms with Crippen LogP contribution in [0.25, 0.3) is 0 Å². The SMILES string of the molecule is Cc1ccc(N2CCNC(C)C2)c2c1OCCO2. The van der Waals surface area contributed by atoms with Crippen molar-refractivity contribution in [2.75, 3.05) is 37.7 Å². The molecule has 1 fully saturated rings. The summed E-state index contributed by atoms with van der Waals surface area (Å²) in [4.78, 5) is 2.38. The zero-order valence-corrected chi connectivity index (χ0v) is 11.0. The average molecular weight is 248 g/mol. The van der Waals surface area contributed by atoms with Crippen molar-refractivity contribution in [1.29, 1.82) is 0 Å². The normalized spacial score (nSPS) is 23.0. The van der Waals surface area contributed by atoms with Crippen LogP contribution in [0.15, 0.2) is 12.1 Å². The lowest BCUT2D eigenvalue weighted by Crippen LogP contribution is -2.49. The smallest absolute Gasteiger partial charge is 0.184 e. The standard InChI is InChI=1S/C14H20N2O2/c1-10-3-4-12(14-13(10)17-7-8-18-14)16-6-5-15-11(2)9-16/h3-4,11,15H,5-9H2,1-2H3. The number of aryl methyl sites for hydroxylation is 1. The van der Waals surface area contributed by atoms with E-state index in [0.717, 1.165) is 36.7 Å². The minimum Gasteiger partial charge on any atom is -0.486 e. The van der Waals surface area contributed by atoms with Crippen molar-refractivity contribution in [3.8, 4) is 11.5 Å². The van der Waals surface area contributed by atoms with E-state index in [2.05, 4.69) is 36.2 Å². The molecule has 0 saturated carbocycles. The summed E-state index contributed by atoms with van der Waals surface area (Å²) in [7, 11) is 0. The number of piperazine rings is 1. The van der Waals surface area contributed by atoms with Crippen LogP contribution in [-0.4, -0.2) is 38.9 Å². The Labute approximate surface area is 108 Å². The van der Waals surface area contributed by atoms with E-state index in [1.54, 1.807) is 0 Å². The van der Waals surface area contributed by atoms with Gasteiger partial charge in [-0.05, 0) is 25.5 Å². The first-order chi connectivity index (χ1) is 8.75. The van der Waals surface area contributed by atoms with Crippen molar-refractivity contribution in [3.05, 3.63) is 17.7 Å². The van der Waals surface area contributed by atoms with Crippen LogP contribution in [0.3, 0.4) is 0 Å². The summed E-state index contributed by atoms with van der Waals surface area (Å²) < 4.78 is 11.6. The predicted octanol–water partition coefficient (Wildman–Crippen LogP) is 1.56. The molecule has 1 unspecified atom stereocenters. The van der Waals surface area contributed by atoms with Gasteiger partial charge in [0.1, 0.15) is 13.2 Å². The number of nitrogens with one attached hydrogen (secondary N) is 1. The Morgan fingerprint density at radius 1 is 1.22 bits per heavy atom. The number of ether oxygens (including phenoxy) is 2. The molecular weight excluding hydrogens is 228 g/mol. The molecule has 0 radical (unpaired) electrons. The van der Waals surface area contributed by atoms with Gasteiger partial charge >= 0.3 is 0 Å². The maximum atomic E-state index is 5.84. The number of anilines is 1. The van der Waals surface area contributed by atoms with Gasteiger partial charge in [0.15, 0.2) is 11.5 Å². The Hall–Kier alpha value is -1.42. The zero-order valence-electron chi connectivity index (χ0n) is 11.0. The molecule has 0 bridgehead atoms. The number of hydrogen-bond donors (Lipinski definition) is 1. The fourth-order valence-corrected chi connectivity index (χ4v) is 2.66. The topological polar surface area (TPSA) is 33.7 Å². The molecular formula is C14H20N2O2. The Morgan fingerprint density at radius 2 is 2.00 bits per heavy atom. The molecule has 1 atom stereocenters. The summed E-state index contributed by atoms with van der Waals surface area (Å²) in [6, 6.07) is 4.79. The van der Waals surface area contributed by atoms with Crippen LogP contribution >= 0.6 is 0 Å². The van der Waals surface area contributed by atoms with Crippen LogP contribution in [0.5, 0.6) is 11.5 Å². The zero-order chi connectivity index (χ0) is 12.5. The fourth-order valence-electron chi connectivity index (χ4n) is 2.66. The minimum absolute atomic E-state index is 0.514. The summed E-state index contributed by atoms with van der Waals surface area (Å²) in [5, 5.41) is 3.46. The third kappa shape index (κ3) is 2.01. The highest BCUT2D eigenvalue weighted by Gasteiger charge is 2.24. The van der Waals surface area contributed by atoms with E-state index in [1.807, 2.05) is 0 Å². The largest absolute Gasteiger partial charge is 0.486 e. The molecule has 98 valence electrons. The van der Waals surface area contributed by atoms with Gasteiger partial charge in [-0.2, -0.15) is 0 Å². The van der Waals surface area contributed by atoms with Crippen LogP contribution < -0.4 is 19.7 Å². The molecule has 1 N–H and O–H groups in total. The third-order valence-corrected chi connectivity index (χ3v) is 3.57. The fraction of sp³-hybridized carbons (Fsp3) is 0.571. The van der Waals surface area contributed by atoms with Crippen LogP contribution in [0.4, 0.5) is 5.69 Å². The highest BCUT2D eigenvalue weighted by molar-refractivity contribution is 5.67. The molecule has 3 rings (SSSR count). The van der Waals surface area contributed by atoms with Crippen LogP contribution in [0.2, 0.25) is 0 Å². The van der Waals surface area contributed by atoms with E-state index >= 15 is 0 Å². The second kappa shape index (κ2) is 4.69. The van der Waals surface area contributed by atoms with Gasteiger partial charge < -0.3 is 19.7 Å². The van der Waals surface area contributed by atoms with E-state index in [9.17, 15) is 0 Å². The van der Waals surface area contributed by atoms with E-state index < -0.39 is 0 Å². The van der Waals surface area contributed by atoms with Crippen molar-refractivity contribution >= 4 is 5.69 Å². The van der Waals surface area contributed by atoms with Crippen LogP contribution in [0.1, 0.15) is 12.5 Å². The summed E-state index contributed by atoms with van der Waals surface area (Å²) in [6.45, 7) is 8.62.